The molecule has 36 heavy (non-hydrogen) atoms. The van der Waals surface area contributed by atoms with Crippen molar-refractivity contribution in [3.05, 3.63) is 84.0 Å². The van der Waals surface area contributed by atoms with E-state index in [1.54, 1.807) is 47.4 Å². The molecular weight excluding hydrogens is 485 g/mol. The second-order valence-corrected chi connectivity index (χ2v) is 8.97. The Morgan fingerprint density at radius 1 is 1.11 bits per heavy atom. The largest absolute Gasteiger partial charge is 0.456 e. The summed E-state index contributed by atoms with van der Waals surface area (Å²) in [5.41, 5.74) is 6.55. The zero-order chi connectivity index (χ0) is 25.4. The molecule has 0 spiro atoms. The lowest BCUT2D eigenvalue weighted by Gasteiger charge is -2.27. The van der Waals surface area contributed by atoms with Crippen molar-refractivity contribution in [3.63, 3.8) is 0 Å². The minimum atomic E-state index is -1.28. The summed E-state index contributed by atoms with van der Waals surface area (Å²) >= 11 is 6.55. The quantitative estimate of drug-likeness (QED) is 0.356. The van der Waals surface area contributed by atoms with Crippen LogP contribution in [0.1, 0.15) is 12.8 Å². The zero-order valence-corrected chi connectivity index (χ0v) is 19.9. The molecule has 0 atom stereocenters. The molecule has 0 saturated heterocycles. The number of pyridine rings is 1. The molecule has 0 unspecified atom stereocenters. The summed E-state index contributed by atoms with van der Waals surface area (Å²) in [6, 6.07) is 13.7. The van der Waals surface area contributed by atoms with Crippen molar-refractivity contribution < 1.29 is 18.7 Å². The van der Waals surface area contributed by atoms with Gasteiger partial charge in [-0.1, -0.05) is 11.6 Å². The van der Waals surface area contributed by atoms with Gasteiger partial charge in [-0.3, -0.25) is 24.2 Å². The normalized spacial score (nSPS) is 13.8. The van der Waals surface area contributed by atoms with E-state index in [4.69, 9.17) is 22.1 Å². The van der Waals surface area contributed by atoms with E-state index >= 15 is 0 Å². The topological polar surface area (TPSA) is 103 Å². The summed E-state index contributed by atoms with van der Waals surface area (Å²) < 4.78 is 21.2. The van der Waals surface area contributed by atoms with Gasteiger partial charge < -0.3 is 10.5 Å². The van der Waals surface area contributed by atoms with Crippen LogP contribution in [0.3, 0.4) is 0 Å². The number of halogens is 2. The van der Waals surface area contributed by atoms with Gasteiger partial charge in [0.1, 0.15) is 22.7 Å². The second-order valence-electron chi connectivity index (χ2n) is 8.56. The zero-order valence-electron chi connectivity index (χ0n) is 19.2. The van der Waals surface area contributed by atoms with Crippen LogP contribution >= 0.6 is 11.6 Å². The van der Waals surface area contributed by atoms with Crippen LogP contribution in [0.25, 0.3) is 11.3 Å². The minimum absolute atomic E-state index is 0.232. The van der Waals surface area contributed by atoms with Gasteiger partial charge in [0.25, 0.3) is 0 Å². The number of nitrogens with two attached hydrogens (primary N) is 1. The molecule has 4 aromatic rings. The number of hydrogen-bond donors (Lipinski definition) is 1. The number of amides is 2. The number of hydrogen-bond acceptors (Lipinski definition) is 5. The third-order valence-corrected chi connectivity index (χ3v) is 6.35. The molecule has 2 aromatic heterocycles. The average molecular weight is 506 g/mol. The van der Waals surface area contributed by atoms with Gasteiger partial charge in [0.05, 0.1) is 22.6 Å². The van der Waals surface area contributed by atoms with Gasteiger partial charge in [0, 0.05) is 36.8 Å². The van der Waals surface area contributed by atoms with Crippen molar-refractivity contribution >= 4 is 34.8 Å². The Morgan fingerprint density at radius 2 is 1.83 bits per heavy atom. The predicted octanol–water partition coefficient (Wildman–Crippen LogP) is 5.00. The number of aryl methyl sites for hydroxylation is 1. The summed E-state index contributed by atoms with van der Waals surface area (Å²) in [4.78, 5) is 31.2. The van der Waals surface area contributed by atoms with Crippen molar-refractivity contribution in [1.82, 2.24) is 14.8 Å². The Bertz CT molecular complexity index is 1470. The number of nitrogens with zero attached hydrogens (tertiary/aromatic N) is 4. The van der Waals surface area contributed by atoms with Crippen LogP contribution in [-0.2, 0) is 16.6 Å². The Hall–Kier alpha value is -4.24. The second kappa shape index (κ2) is 9.09. The molecule has 1 saturated carbocycles. The standard InChI is InChI=1S/C26H21ClFN5O3/c1-32-15-16(14-31-32)22-13-20(8-11-30-22)36-23-7-6-19(12-21(23)27)33(18-4-2-17(28)3-5-18)25(35)26(9-10-26)24(29)34/h2-8,11-15H,9-10H2,1H3,(H2,29,34). The highest BCUT2D eigenvalue weighted by atomic mass is 35.5. The molecule has 0 bridgehead atoms. The summed E-state index contributed by atoms with van der Waals surface area (Å²) in [5.74, 6) is -0.761. The molecule has 1 aliphatic rings. The first-order valence-corrected chi connectivity index (χ1v) is 11.5. The van der Waals surface area contributed by atoms with Crippen LogP contribution in [-0.4, -0.2) is 26.6 Å². The van der Waals surface area contributed by atoms with Gasteiger partial charge >= 0.3 is 0 Å². The van der Waals surface area contributed by atoms with E-state index in [-0.39, 0.29) is 5.02 Å². The monoisotopic (exact) mass is 505 g/mol. The van der Waals surface area contributed by atoms with Crippen molar-refractivity contribution in [2.75, 3.05) is 4.90 Å². The highest BCUT2D eigenvalue weighted by molar-refractivity contribution is 6.32. The maximum atomic E-state index is 13.6. The molecule has 0 radical (unpaired) electrons. The fourth-order valence-corrected chi connectivity index (χ4v) is 4.12. The smallest absolute Gasteiger partial charge is 0.247 e. The molecule has 2 heterocycles. The number of carbonyl (C=O) groups is 2. The molecular formula is C26H21ClFN5O3. The van der Waals surface area contributed by atoms with Gasteiger partial charge in [-0.25, -0.2) is 4.39 Å². The summed E-state index contributed by atoms with van der Waals surface area (Å²) in [6.07, 6.45) is 5.87. The highest BCUT2D eigenvalue weighted by Crippen LogP contribution is 2.49. The number of ether oxygens (including phenoxy) is 1. The number of anilines is 2. The number of primary amides is 1. The lowest BCUT2D eigenvalue weighted by molar-refractivity contribution is -0.133. The van der Waals surface area contributed by atoms with Gasteiger partial charge in [-0.05, 0) is 61.4 Å². The van der Waals surface area contributed by atoms with Crippen LogP contribution < -0.4 is 15.4 Å². The SMILES string of the molecule is Cn1cc(-c2cc(Oc3ccc(N(C(=O)C4(C(N)=O)CC4)c4ccc(F)cc4)cc3Cl)ccn2)cn1. The van der Waals surface area contributed by atoms with Crippen LogP contribution in [0.5, 0.6) is 11.5 Å². The van der Waals surface area contributed by atoms with Gasteiger partial charge in [0.2, 0.25) is 11.8 Å². The van der Waals surface area contributed by atoms with Crippen LogP contribution in [0.15, 0.2) is 73.2 Å². The Labute approximate surface area is 211 Å². The highest BCUT2D eigenvalue weighted by Gasteiger charge is 2.57. The lowest BCUT2D eigenvalue weighted by Crippen LogP contribution is -2.41. The maximum Gasteiger partial charge on any atom is 0.247 e. The Morgan fingerprint density at radius 3 is 2.44 bits per heavy atom. The van der Waals surface area contributed by atoms with Gasteiger partial charge in [-0.2, -0.15) is 5.10 Å². The first-order chi connectivity index (χ1) is 17.3. The summed E-state index contributed by atoms with van der Waals surface area (Å²) in [6.45, 7) is 0. The lowest BCUT2D eigenvalue weighted by atomic mass is 10.0. The fourth-order valence-electron chi connectivity index (χ4n) is 3.90. The van der Waals surface area contributed by atoms with E-state index in [1.807, 2.05) is 13.2 Å². The third kappa shape index (κ3) is 4.40. The molecule has 1 aliphatic carbocycles. The Balaban J connectivity index is 1.46. The van der Waals surface area contributed by atoms with Gasteiger partial charge in [0.15, 0.2) is 0 Å². The van der Waals surface area contributed by atoms with E-state index in [9.17, 15) is 14.0 Å². The molecule has 5 rings (SSSR count). The number of aromatic nitrogens is 3. The van der Waals surface area contributed by atoms with Crippen molar-refractivity contribution in [1.29, 1.82) is 0 Å². The minimum Gasteiger partial charge on any atom is -0.456 e. The molecule has 2 amide bonds. The predicted molar refractivity (Wildman–Crippen MR) is 132 cm³/mol. The van der Waals surface area contributed by atoms with Crippen LogP contribution in [0, 0.1) is 11.2 Å². The van der Waals surface area contributed by atoms with E-state index in [0.717, 1.165) is 5.56 Å². The van der Waals surface area contributed by atoms with Crippen molar-refractivity contribution in [2.24, 2.45) is 18.2 Å². The molecule has 10 heteroatoms. The van der Waals surface area contributed by atoms with E-state index in [1.165, 1.54) is 29.2 Å². The van der Waals surface area contributed by atoms with Crippen LogP contribution in [0.4, 0.5) is 15.8 Å². The molecule has 8 nitrogen and oxygen atoms in total. The van der Waals surface area contributed by atoms with E-state index in [2.05, 4.69) is 10.1 Å². The van der Waals surface area contributed by atoms with Crippen molar-refractivity contribution in [3.8, 4) is 22.8 Å². The first kappa shape index (κ1) is 23.5. The number of carbonyl (C=O) groups excluding carboxylic acids is 2. The summed E-state index contributed by atoms with van der Waals surface area (Å²) in [5, 5.41) is 4.39. The molecule has 0 aliphatic heterocycles. The van der Waals surface area contributed by atoms with E-state index < -0.39 is 23.0 Å². The maximum absolute atomic E-state index is 13.6. The van der Waals surface area contributed by atoms with Crippen LogP contribution in [0.2, 0.25) is 5.02 Å². The molecule has 2 aromatic carbocycles. The Kier molecular flexibility index (Phi) is 5.93. The molecule has 2 N–H and O–H groups in total. The first-order valence-electron chi connectivity index (χ1n) is 11.1. The van der Waals surface area contributed by atoms with Crippen molar-refractivity contribution in [2.45, 2.75) is 12.8 Å². The average Bonchev–Trinajstić information content (AvgIpc) is 3.57. The van der Waals surface area contributed by atoms with E-state index in [0.29, 0.717) is 41.4 Å². The summed E-state index contributed by atoms with van der Waals surface area (Å²) in [7, 11) is 1.82. The fraction of sp³-hybridized carbons (Fsp3) is 0.154. The number of rotatable bonds is 7. The molecule has 182 valence electrons. The molecule has 1 fully saturated rings. The van der Waals surface area contributed by atoms with Gasteiger partial charge in [-0.15, -0.1) is 0 Å². The number of benzene rings is 2. The third-order valence-electron chi connectivity index (χ3n) is 6.05.